The number of benzene rings is 3. The van der Waals surface area contributed by atoms with Crippen LogP contribution in [0.5, 0.6) is 11.5 Å². The minimum absolute atomic E-state index is 0.132. The molecule has 12 heteroatoms. The van der Waals surface area contributed by atoms with Crippen molar-refractivity contribution in [1.82, 2.24) is 15.0 Å². The molecule has 184 valence electrons. The summed E-state index contributed by atoms with van der Waals surface area (Å²) in [5.41, 5.74) is 4.64. The number of nitrogens with zero attached hydrogens (tertiary/aromatic N) is 4. The van der Waals surface area contributed by atoms with E-state index in [0.717, 1.165) is 0 Å². The van der Waals surface area contributed by atoms with Crippen molar-refractivity contribution in [3.05, 3.63) is 83.4 Å². The van der Waals surface area contributed by atoms with E-state index in [2.05, 4.69) is 35.5 Å². The Bertz CT molecular complexity index is 1350. The topological polar surface area (TPSA) is 93.5 Å². The van der Waals surface area contributed by atoms with Crippen molar-refractivity contribution >= 4 is 35.4 Å². The molecule has 8 nitrogen and oxygen atoms in total. The molecule has 3 aromatic carbocycles. The highest BCUT2D eigenvalue weighted by molar-refractivity contribution is 6.30. The maximum absolute atomic E-state index is 12.3. The maximum atomic E-state index is 12.3. The van der Waals surface area contributed by atoms with Crippen LogP contribution < -0.4 is 20.2 Å². The molecule has 4 aromatic rings. The lowest BCUT2D eigenvalue weighted by molar-refractivity contribution is -0.274. The maximum Gasteiger partial charge on any atom is 0.573 e. The molecule has 0 fully saturated rings. The Morgan fingerprint density at radius 1 is 0.889 bits per heavy atom. The van der Waals surface area contributed by atoms with E-state index in [-0.39, 0.29) is 17.6 Å². The molecule has 0 saturated carbocycles. The van der Waals surface area contributed by atoms with Gasteiger partial charge in [0.15, 0.2) is 5.82 Å². The van der Waals surface area contributed by atoms with Crippen molar-refractivity contribution in [2.24, 2.45) is 5.10 Å². The van der Waals surface area contributed by atoms with E-state index >= 15 is 0 Å². The lowest BCUT2D eigenvalue weighted by Gasteiger charge is -2.10. The summed E-state index contributed by atoms with van der Waals surface area (Å²) in [6.07, 6.45) is -3.35. The summed E-state index contributed by atoms with van der Waals surface area (Å²) in [5, 5.41) is 7.76. The first-order chi connectivity index (χ1) is 17.3. The molecular formula is C24H18ClF3N6O2. The lowest BCUT2D eigenvalue weighted by Crippen LogP contribution is -2.17. The average molecular weight is 515 g/mol. The number of halogens is 4. The molecule has 0 bridgehead atoms. The van der Waals surface area contributed by atoms with Gasteiger partial charge in [-0.3, -0.25) is 0 Å². The van der Waals surface area contributed by atoms with Gasteiger partial charge >= 0.3 is 6.36 Å². The van der Waals surface area contributed by atoms with Crippen LogP contribution in [0.25, 0.3) is 11.4 Å². The molecule has 1 aromatic heterocycles. The van der Waals surface area contributed by atoms with Crippen molar-refractivity contribution in [1.29, 1.82) is 0 Å². The predicted octanol–water partition coefficient (Wildman–Crippen LogP) is 6.29. The number of nitrogens with one attached hydrogen (secondary N) is 2. The Balaban J connectivity index is 1.57. The quantitative estimate of drug-likeness (QED) is 0.211. The summed E-state index contributed by atoms with van der Waals surface area (Å²) in [6.45, 7) is 0. The fourth-order valence-electron chi connectivity index (χ4n) is 2.96. The Morgan fingerprint density at radius 3 is 2.31 bits per heavy atom. The molecule has 0 amide bonds. The first-order valence-electron chi connectivity index (χ1n) is 10.4. The van der Waals surface area contributed by atoms with Crippen LogP contribution in [-0.4, -0.2) is 34.6 Å². The van der Waals surface area contributed by atoms with Crippen LogP contribution in [0.15, 0.2) is 77.9 Å². The number of methoxy groups -OCH3 is 1. The Hall–Kier alpha value is -4.38. The van der Waals surface area contributed by atoms with Gasteiger partial charge in [-0.2, -0.15) is 20.1 Å². The van der Waals surface area contributed by atoms with Crippen molar-refractivity contribution in [3.8, 4) is 22.9 Å². The molecule has 0 unspecified atom stereocenters. The van der Waals surface area contributed by atoms with Gasteiger partial charge < -0.3 is 14.8 Å². The Morgan fingerprint density at radius 2 is 1.61 bits per heavy atom. The van der Waals surface area contributed by atoms with Gasteiger partial charge in [0.25, 0.3) is 0 Å². The van der Waals surface area contributed by atoms with Crippen molar-refractivity contribution in [2.75, 3.05) is 17.9 Å². The van der Waals surface area contributed by atoms with Crippen LogP contribution >= 0.6 is 11.6 Å². The first-order valence-corrected chi connectivity index (χ1v) is 10.7. The molecule has 0 spiro atoms. The van der Waals surface area contributed by atoms with Crippen molar-refractivity contribution < 1.29 is 22.6 Å². The number of aromatic nitrogens is 3. The molecule has 4 rings (SSSR count). The van der Waals surface area contributed by atoms with Crippen molar-refractivity contribution in [2.45, 2.75) is 6.36 Å². The number of ether oxygens (including phenoxy) is 2. The average Bonchev–Trinajstić information content (AvgIpc) is 2.85. The summed E-state index contributed by atoms with van der Waals surface area (Å²) in [4.78, 5) is 13.2. The van der Waals surface area contributed by atoms with Crippen LogP contribution in [0.3, 0.4) is 0 Å². The summed E-state index contributed by atoms with van der Waals surface area (Å²) >= 11 is 5.95. The van der Waals surface area contributed by atoms with Gasteiger partial charge in [-0.25, -0.2) is 5.43 Å². The molecule has 0 radical (unpaired) electrons. The molecule has 0 aliphatic carbocycles. The third kappa shape index (κ3) is 7.06. The van der Waals surface area contributed by atoms with Crippen LogP contribution in [-0.2, 0) is 0 Å². The zero-order valence-corrected chi connectivity index (χ0v) is 19.4. The molecule has 0 aliphatic heterocycles. The van der Waals surface area contributed by atoms with Gasteiger partial charge in [0.05, 0.1) is 13.3 Å². The van der Waals surface area contributed by atoms with Crippen LogP contribution in [0.4, 0.5) is 30.8 Å². The number of hydrogen-bond acceptors (Lipinski definition) is 8. The van der Waals surface area contributed by atoms with E-state index < -0.39 is 6.36 Å². The van der Waals surface area contributed by atoms with Crippen LogP contribution in [0.2, 0.25) is 5.02 Å². The summed E-state index contributed by atoms with van der Waals surface area (Å²) in [6, 6.07) is 19.4. The second kappa shape index (κ2) is 10.9. The van der Waals surface area contributed by atoms with E-state index in [1.54, 1.807) is 43.5 Å². The third-order valence-electron chi connectivity index (χ3n) is 4.56. The normalized spacial score (nSPS) is 11.4. The molecule has 0 aliphatic rings. The van der Waals surface area contributed by atoms with Gasteiger partial charge in [0.2, 0.25) is 11.9 Å². The molecule has 0 atom stereocenters. The molecular weight excluding hydrogens is 497 g/mol. The first kappa shape index (κ1) is 24.7. The van der Waals surface area contributed by atoms with Gasteiger partial charge in [-0.1, -0.05) is 23.7 Å². The summed E-state index contributed by atoms with van der Waals surface area (Å²) in [7, 11) is 1.56. The van der Waals surface area contributed by atoms with E-state index in [9.17, 15) is 13.2 Å². The lowest BCUT2D eigenvalue weighted by atomic mass is 10.2. The predicted molar refractivity (Wildman–Crippen MR) is 131 cm³/mol. The van der Waals surface area contributed by atoms with E-state index in [1.807, 2.05) is 12.1 Å². The Kier molecular flexibility index (Phi) is 7.50. The number of rotatable bonds is 8. The highest BCUT2D eigenvalue weighted by Crippen LogP contribution is 2.25. The SMILES string of the molecule is COc1cccc(-c2nc(N/N=C/c3ccc(OC(F)(F)F)cc3)nc(Nc3ccc(Cl)cc3)n2)c1. The fraction of sp³-hybridized carbons (Fsp3) is 0.0833. The van der Waals surface area contributed by atoms with E-state index in [4.69, 9.17) is 16.3 Å². The van der Waals surface area contributed by atoms with Gasteiger partial charge in [0, 0.05) is 16.3 Å². The third-order valence-corrected chi connectivity index (χ3v) is 4.81. The number of hydrazone groups is 1. The smallest absolute Gasteiger partial charge is 0.497 e. The summed E-state index contributed by atoms with van der Waals surface area (Å²) < 4.78 is 46.1. The molecule has 2 N–H and O–H groups in total. The zero-order chi connectivity index (χ0) is 25.5. The number of anilines is 3. The monoisotopic (exact) mass is 514 g/mol. The largest absolute Gasteiger partial charge is 0.573 e. The standard InChI is InChI=1S/C24H18ClF3N6O2/c1-35-20-4-2-3-16(13-20)21-31-22(30-18-9-7-17(25)8-10-18)33-23(32-21)34-29-14-15-5-11-19(12-6-15)36-24(26,27)28/h2-14H,1H3,(H2,30,31,32,33,34)/b29-14+. The van der Waals surface area contributed by atoms with Crippen LogP contribution in [0.1, 0.15) is 5.56 Å². The Labute approximate surface area is 208 Å². The highest BCUT2D eigenvalue weighted by atomic mass is 35.5. The zero-order valence-electron chi connectivity index (χ0n) is 18.6. The minimum Gasteiger partial charge on any atom is -0.497 e. The number of alkyl halides is 3. The fourth-order valence-corrected chi connectivity index (χ4v) is 3.08. The summed E-state index contributed by atoms with van der Waals surface area (Å²) in [5.74, 6) is 1.03. The minimum atomic E-state index is -4.76. The van der Waals surface area contributed by atoms with Gasteiger partial charge in [-0.15, -0.1) is 13.2 Å². The van der Waals surface area contributed by atoms with Gasteiger partial charge in [-0.05, 0) is 66.2 Å². The second-order valence-corrected chi connectivity index (χ2v) is 7.59. The molecule has 36 heavy (non-hydrogen) atoms. The molecule has 0 saturated heterocycles. The van der Waals surface area contributed by atoms with Crippen LogP contribution in [0, 0.1) is 0 Å². The van der Waals surface area contributed by atoms with E-state index in [1.165, 1.54) is 30.5 Å². The highest BCUT2D eigenvalue weighted by Gasteiger charge is 2.30. The number of hydrogen-bond donors (Lipinski definition) is 2. The van der Waals surface area contributed by atoms with Gasteiger partial charge in [0.1, 0.15) is 11.5 Å². The van der Waals surface area contributed by atoms with Crippen molar-refractivity contribution in [3.63, 3.8) is 0 Å². The second-order valence-electron chi connectivity index (χ2n) is 7.16. The molecule has 1 heterocycles. The van der Waals surface area contributed by atoms with E-state index in [0.29, 0.717) is 33.4 Å².